The fourth-order valence-electron chi connectivity index (χ4n) is 8.03. The zero-order valence-electron chi connectivity index (χ0n) is 15.8. The van der Waals surface area contributed by atoms with Crippen molar-refractivity contribution in [3.63, 3.8) is 0 Å². The highest BCUT2D eigenvalue weighted by atomic mass is 16.3. The molecular weight excluding hydrogens is 298 g/mol. The van der Waals surface area contributed by atoms with Gasteiger partial charge in [0.2, 0.25) is 0 Å². The molecule has 4 aliphatic rings. The average molecular weight is 336 g/mol. The van der Waals surface area contributed by atoms with E-state index in [-0.39, 0.29) is 5.41 Å². The Morgan fingerprint density at radius 1 is 0.958 bits per heavy atom. The molecule has 2 unspecified atom stereocenters. The molecular formula is C21H37NO2. The van der Waals surface area contributed by atoms with Crippen LogP contribution in [0.1, 0.15) is 78.6 Å². The van der Waals surface area contributed by atoms with Crippen molar-refractivity contribution in [3.05, 3.63) is 0 Å². The molecule has 9 atom stereocenters. The van der Waals surface area contributed by atoms with Crippen molar-refractivity contribution in [1.29, 1.82) is 0 Å². The molecule has 0 radical (unpaired) electrons. The highest BCUT2D eigenvalue weighted by Crippen LogP contribution is 2.68. The summed E-state index contributed by atoms with van der Waals surface area (Å²) in [7, 11) is 0. The van der Waals surface area contributed by atoms with Crippen molar-refractivity contribution in [2.75, 3.05) is 0 Å². The van der Waals surface area contributed by atoms with E-state index in [0.29, 0.717) is 17.4 Å². The number of nitrogens with two attached hydrogens (primary N) is 1. The van der Waals surface area contributed by atoms with Crippen molar-refractivity contribution in [2.45, 2.75) is 96.3 Å². The van der Waals surface area contributed by atoms with Crippen LogP contribution < -0.4 is 5.73 Å². The number of fused-ring (bicyclic) bond motifs is 5. The van der Waals surface area contributed by atoms with E-state index in [4.69, 9.17) is 5.73 Å². The van der Waals surface area contributed by atoms with Gasteiger partial charge in [-0.05, 0) is 93.8 Å². The summed E-state index contributed by atoms with van der Waals surface area (Å²) in [5, 5.41) is 21.6. The van der Waals surface area contributed by atoms with Crippen LogP contribution in [0.4, 0.5) is 0 Å². The number of aliphatic hydroxyl groups is 2. The second-order valence-electron chi connectivity index (χ2n) is 10.3. The molecule has 0 heterocycles. The van der Waals surface area contributed by atoms with Gasteiger partial charge in [0.05, 0.1) is 11.7 Å². The number of aliphatic hydroxyl groups excluding tert-OH is 1. The predicted octanol–water partition coefficient (Wildman–Crippen LogP) is 3.47. The Bertz CT molecular complexity index is 508. The molecule has 0 amide bonds. The lowest BCUT2D eigenvalue weighted by molar-refractivity contribution is -0.183. The van der Waals surface area contributed by atoms with E-state index in [1.807, 2.05) is 0 Å². The van der Waals surface area contributed by atoms with Crippen LogP contribution in [0.25, 0.3) is 0 Å². The number of hydrogen-bond donors (Lipinski definition) is 3. The van der Waals surface area contributed by atoms with Gasteiger partial charge in [0.15, 0.2) is 0 Å². The normalized spacial score (nSPS) is 58.5. The molecule has 3 nitrogen and oxygen atoms in total. The fourth-order valence-corrected chi connectivity index (χ4v) is 8.03. The van der Waals surface area contributed by atoms with Gasteiger partial charge in [-0.15, -0.1) is 0 Å². The Labute approximate surface area is 147 Å². The molecule has 24 heavy (non-hydrogen) atoms. The van der Waals surface area contributed by atoms with Crippen LogP contribution in [0.5, 0.6) is 0 Å². The molecule has 4 saturated carbocycles. The van der Waals surface area contributed by atoms with Crippen molar-refractivity contribution in [3.8, 4) is 0 Å². The van der Waals surface area contributed by atoms with Crippen LogP contribution in [0.2, 0.25) is 0 Å². The molecule has 4 aliphatic carbocycles. The fraction of sp³-hybridized carbons (Fsp3) is 1.00. The van der Waals surface area contributed by atoms with Gasteiger partial charge >= 0.3 is 0 Å². The minimum Gasteiger partial charge on any atom is -0.390 e. The standard InChI is InChI=1S/C21H37NO2/c1-13(23)21(24)11-8-18-16-5-4-14-12-15(22)6-9-19(14,2)17(16)7-10-20(18,21)3/h13-18,23-24H,4-12,22H2,1-3H3/t13-,14?,15?,16+,17-,18-,19-,20-,21-/m0/s1. The lowest BCUT2D eigenvalue weighted by Crippen LogP contribution is -2.59. The van der Waals surface area contributed by atoms with Gasteiger partial charge in [0.1, 0.15) is 0 Å². The Balaban J connectivity index is 1.63. The quantitative estimate of drug-likeness (QED) is 0.687. The van der Waals surface area contributed by atoms with Crippen LogP contribution in [0.3, 0.4) is 0 Å². The smallest absolute Gasteiger partial charge is 0.0958 e. The zero-order valence-corrected chi connectivity index (χ0v) is 15.8. The topological polar surface area (TPSA) is 66.5 Å². The zero-order chi connectivity index (χ0) is 17.3. The average Bonchev–Trinajstić information content (AvgIpc) is 2.81. The maximum Gasteiger partial charge on any atom is 0.0958 e. The van der Waals surface area contributed by atoms with Crippen LogP contribution in [-0.4, -0.2) is 28.0 Å². The van der Waals surface area contributed by atoms with Gasteiger partial charge in [-0.3, -0.25) is 0 Å². The van der Waals surface area contributed by atoms with Gasteiger partial charge in [0.25, 0.3) is 0 Å². The third kappa shape index (κ3) is 2.07. The summed E-state index contributed by atoms with van der Waals surface area (Å²) < 4.78 is 0. The summed E-state index contributed by atoms with van der Waals surface area (Å²) in [4.78, 5) is 0. The van der Waals surface area contributed by atoms with Crippen molar-refractivity contribution < 1.29 is 10.2 Å². The Morgan fingerprint density at radius 2 is 1.67 bits per heavy atom. The molecule has 4 fully saturated rings. The van der Waals surface area contributed by atoms with E-state index in [1.54, 1.807) is 6.92 Å². The second-order valence-corrected chi connectivity index (χ2v) is 10.3. The Hall–Kier alpha value is -0.120. The van der Waals surface area contributed by atoms with Gasteiger partial charge in [-0.25, -0.2) is 0 Å². The summed E-state index contributed by atoms with van der Waals surface area (Å²) in [5.41, 5.74) is 5.77. The third-order valence-corrected chi connectivity index (χ3v) is 9.61. The molecule has 0 saturated heterocycles. The van der Waals surface area contributed by atoms with Gasteiger partial charge in [-0.1, -0.05) is 13.8 Å². The minimum atomic E-state index is -0.880. The summed E-state index contributed by atoms with van der Waals surface area (Å²) in [6, 6.07) is 0.417. The summed E-state index contributed by atoms with van der Waals surface area (Å²) >= 11 is 0. The van der Waals surface area contributed by atoms with Crippen molar-refractivity contribution >= 4 is 0 Å². The van der Waals surface area contributed by atoms with E-state index >= 15 is 0 Å². The monoisotopic (exact) mass is 335 g/mol. The van der Waals surface area contributed by atoms with E-state index in [9.17, 15) is 10.2 Å². The molecule has 138 valence electrons. The molecule has 4 rings (SSSR count). The SMILES string of the molecule is C[C@H](O)[C@@]1(O)CC[C@H]2[C@@H]3CCC4CC(N)CC[C@]4(C)[C@H]3CC[C@@]21C. The van der Waals surface area contributed by atoms with E-state index in [1.165, 1.54) is 38.5 Å². The largest absolute Gasteiger partial charge is 0.390 e. The molecule has 0 aromatic rings. The first-order valence-electron chi connectivity index (χ1n) is 10.4. The lowest BCUT2D eigenvalue weighted by atomic mass is 9.44. The van der Waals surface area contributed by atoms with Gasteiger partial charge in [0, 0.05) is 11.5 Å². The number of hydrogen-bond acceptors (Lipinski definition) is 3. The summed E-state index contributed by atoms with van der Waals surface area (Å²) in [6.07, 6.45) is 9.91. The maximum atomic E-state index is 11.3. The first-order chi connectivity index (χ1) is 11.2. The lowest BCUT2D eigenvalue weighted by Gasteiger charge is -2.62. The molecule has 0 aromatic carbocycles. The number of rotatable bonds is 1. The molecule has 4 N–H and O–H groups in total. The van der Waals surface area contributed by atoms with Crippen LogP contribution in [0.15, 0.2) is 0 Å². The Morgan fingerprint density at radius 3 is 2.38 bits per heavy atom. The molecule has 0 spiro atoms. The highest BCUT2D eigenvalue weighted by Gasteiger charge is 2.65. The van der Waals surface area contributed by atoms with Crippen molar-refractivity contribution in [1.82, 2.24) is 0 Å². The van der Waals surface area contributed by atoms with Crippen LogP contribution >= 0.6 is 0 Å². The predicted molar refractivity (Wildman–Crippen MR) is 96.3 cm³/mol. The highest BCUT2D eigenvalue weighted by molar-refractivity contribution is 5.15. The summed E-state index contributed by atoms with van der Waals surface area (Å²) in [6.45, 7) is 6.62. The summed E-state index contributed by atoms with van der Waals surface area (Å²) in [5.74, 6) is 2.94. The maximum absolute atomic E-state index is 11.3. The molecule has 3 heteroatoms. The molecule has 0 aliphatic heterocycles. The van der Waals surface area contributed by atoms with Gasteiger partial charge in [-0.2, -0.15) is 0 Å². The molecule has 0 aromatic heterocycles. The van der Waals surface area contributed by atoms with Crippen LogP contribution in [0, 0.1) is 34.5 Å². The van der Waals surface area contributed by atoms with Crippen LogP contribution in [-0.2, 0) is 0 Å². The van der Waals surface area contributed by atoms with Crippen molar-refractivity contribution in [2.24, 2.45) is 40.2 Å². The van der Waals surface area contributed by atoms with Gasteiger partial charge < -0.3 is 15.9 Å². The minimum absolute atomic E-state index is 0.101. The van der Waals surface area contributed by atoms with E-state index in [0.717, 1.165) is 37.0 Å². The van der Waals surface area contributed by atoms with E-state index in [2.05, 4.69) is 13.8 Å². The second kappa shape index (κ2) is 5.44. The molecule has 0 bridgehead atoms. The first kappa shape index (κ1) is 17.3. The Kier molecular flexibility index (Phi) is 3.92. The van der Waals surface area contributed by atoms with E-state index < -0.39 is 11.7 Å². The third-order valence-electron chi connectivity index (χ3n) is 9.61. The first-order valence-corrected chi connectivity index (χ1v) is 10.4.